The van der Waals surface area contributed by atoms with Crippen molar-refractivity contribution in [3.63, 3.8) is 0 Å². The molecule has 6 heteroatoms. The van der Waals surface area contributed by atoms with Gasteiger partial charge in [-0.1, -0.05) is 39.8 Å². The van der Waals surface area contributed by atoms with Gasteiger partial charge in [-0.3, -0.25) is 9.59 Å². The number of ether oxygens (including phenoxy) is 2. The van der Waals surface area contributed by atoms with Crippen molar-refractivity contribution < 1.29 is 24.5 Å². The normalized spacial score (nSPS) is 22.3. The zero-order valence-corrected chi connectivity index (χ0v) is 19.3. The number of hydrogen-bond acceptors (Lipinski definition) is 5. The minimum atomic E-state index is -0.423. The van der Waals surface area contributed by atoms with Crippen LogP contribution < -0.4 is 14.8 Å². The molecule has 0 amide bonds. The van der Waals surface area contributed by atoms with Gasteiger partial charge in [0, 0.05) is 46.9 Å². The molecule has 0 aromatic heterocycles. The van der Waals surface area contributed by atoms with Gasteiger partial charge in [-0.05, 0) is 29.7 Å². The van der Waals surface area contributed by atoms with E-state index in [2.05, 4.69) is 33.0 Å². The summed E-state index contributed by atoms with van der Waals surface area (Å²) in [5.74, 6) is 0.972. The van der Waals surface area contributed by atoms with Crippen molar-refractivity contribution in [1.82, 2.24) is 5.32 Å². The first-order valence-electron chi connectivity index (χ1n) is 10.6. The number of ketones is 2. The number of nitrogens with one attached hydrogen (secondary N) is 1. The van der Waals surface area contributed by atoms with Crippen LogP contribution in [0.4, 0.5) is 0 Å². The Morgan fingerprint density at radius 2 is 1.35 bits per heavy atom. The third-order valence-electron chi connectivity index (χ3n) is 6.46. The molecule has 6 nitrogen and oxygen atoms in total. The third kappa shape index (κ3) is 3.89. The number of hydrogen-bond donors (Lipinski definition) is 1. The molecule has 0 bridgehead atoms. The Bertz CT molecular complexity index is 947. The molecule has 31 heavy (non-hydrogen) atoms. The molecule has 3 N–H and O–H groups in total. The molecule has 0 atom stereocenters. The third-order valence-corrected chi connectivity index (χ3v) is 6.46. The molecule has 0 spiro atoms. The minimum absolute atomic E-state index is 0. The van der Waals surface area contributed by atoms with Gasteiger partial charge in [-0.25, -0.2) is 0 Å². The Kier molecular flexibility index (Phi) is 5.82. The second kappa shape index (κ2) is 7.83. The number of methoxy groups -OCH3 is 2. The highest BCUT2D eigenvalue weighted by atomic mass is 16.5. The topological polar surface area (TPSA) is 96.1 Å². The minimum Gasteiger partial charge on any atom is -0.493 e. The van der Waals surface area contributed by atoms with Crippen LogP contribution >= 0.6 is 0 Å². The number of para-hydroxylation sites is 1. The number of dihydropyridines is 1. The van der Waals surface area contributed by atoms with Crippen LogP contribution in [0.25, 0.3) is 0 Å². The fourth-order valence-corrected chi connectivity index (χ4v) is 5.34. The van der Waals surface area contributed by atoms with Crippen molar-refractivity contribution in [2.24, 2.45) is 10.8 Å². The van der Waals surface area contributed by atoms with Crippen LogP contribution in [-0.4, -0.2) is 31.3 Å². The van der Waals surface area contributed by atoms with E-state index in [1.165, 1.54) is 0 Å². The highest BCUT2D eigenvalue weighted by Gasteiger charge is 2.47. The van der Waals surface area contributed by atoms with E-state index >= 15 is 0 Å². The van der Waals surface area contributed by atoms with Crippen LogP contribution in [0.5, 0.6) is 11.5 Å². The van der Waals surface area contributed by atoms with E-state index in [0.29, 0.717) is 35.5 Å². The lowest BCUT2D eigenvalue weighted by Gasteiger charge is -2.44. The maximum Gasteiger partial charge on any atom is 0.164 e. The van der Waals surface area contributed by atoms with Gasteiger partial charge < -0.3 is 20.3 Å². The van der Waals surface area contributed by atoms with E-state index in [1.54, 1.807) is 14.2 Å². The summed E-state index contributed by atoms with van der Waals surface area (Å²) in [5, 5.41) is 3.54. The van der Waals surface area contributed by atoms with Gasteiger partial charge in [-0.2, -0.15) is 0 Å². The number of Topliss-reactive ketones (excluding diaryl/α,β-unsaturated/α-hetero) is 2. The predicted octanol–water partition coefficient (Wildman–Crippen LogP) is 3.85. The summed E-state index contributed by atoms with van der Waals surface area (Å²) in [6, 6.07) is 5.69. The maximum atomic E-state index is 13.4. The van der Waals surface area contributed by atoms with Crippen molar-refractivity contribution in [3.05, 3.63) is 46.3 Å². The molecule has 0 saturated carbocycles. The van der Waals surface area contributed by atoms with E-state index < -0.39 is 5.92 Å². The fourth-order valence-electron chi connectivity index (χ4n) is 5.34. The van der Waals surface area contributed by atoms with E-state index in [1.807, 2.05) is 18.2 Å². The van der Waals surface area contributed by atoms with Crippen LogP contribution in [0.3, 0.4) is 0 Å². The Balaban J connectivity index is 0.00000272. The lowest BCUT2D eigenvalue weighted by molar-refractivity contribution is -0.119. The summed E-state index contributed by atoms with van der Waals surface area (Å²) in [6.07, 6.45) is 2.50. The summed E-state index contributed by atoms with van der Waals surface area (Å²) in [7, 11) is 3.20. The van der Waals surface area contributed by atoms with Crippen LogP contribution in [0, 0.1) is 10.8 Å². The van der Waals surface area contributed by atoms with E-state index in [4.69, 9.17) is 9.47 Å². The second-order valence-corrected chi connectivity index (χ2v) is 10.3. The molecule has 3 aliphatic rings. The Labute approximate surface area is 184 Å². The van der Waals surface area contributed by atoms with Crippen molar-refractivity contribution in [1.29, 1.82) is 0 Å². The molecule has 0 unspecified atom stereocenters. The number of carbonyl (C=O) groups excluding carboxylic acids is 2. The monoisotopic (exact) mass is 427 g/mol. The van der Waals surface area contributed by atoms with Crippen molar-refractivity contribution in [2.75, 3.05) is 14.2 Å². The van der Waals surface area contributed by atoms with Gasteiger partial charge in [0.15, 0.2) is 23.1 Å². The molecule has 168 valence electrons. The second-order valence-electron chi connectivity index (χ2n) is 10.3. The SMILES string of the molecule is COc1cccc(C2C3=C(CC(C)(C)CC3=O)NC3=C2C(=O)CC(C)(C)C3)c1OC.O. The number of allylic oxidation sites excluding steroid dienone is 4. The van der Waals surface area contributed by atoms with Crippen molar-refractivity contribution in [2.45, 2.75) is 59.3 Å². The van der Waals surface area contributed by atoms with Gasteiger partial charge in [0.25, 0.3) is 0 Å². The standard InChI is InChI=1S/C25H31NO4.H2O/c1-24(2)10-15-21(17(27)12-24)20(14-8-7-9-19(29-5)23(14)30-6)22-16(26-15)11-25(3,4)13-18(22)28;/h7-9,20,26H,10-13H2,1-6H3;1H2. The van der Waals surface area contributed by atoms with Gasteiger partial charge in [0.2, 0.25) is 0 Å². The quantitative estimate of drug-likeness (QED) is 0.790. The number of carbonyl (C=O) groups is 2. The van der Waals surface area contributed by atoms with Gasteiger partial charge in [-0.15, -0.1) is 0 Å². The fraction of sp³-hybridized carbons (Fsp3) is 0.520. The zero-order valence-electron chi connectivity index (χ0n) is 19.3. The molecule has 1 aromatic rings. The average Bonchev–Trinajstić information content (AvgIpc) is 2.63. The molecule has 0 fully saturated rings. The van der Waals surface area contributed by atoms with Gasteiger partial charge in [0.05, 0.1) is 14.2 Å². The summed E-state index contributed by atoms with van der Waals surface area (Å²) in [5.41, 5.74) is 3.93. The smallest absolute Gasteiger partial charge is 0.164 e. The lowest BCUT2D eigenvalue weighted by atomic mass is 9.64. The van der Waals surface area contributed by atoms with Gasteiger partial charge >= 0.3 is 0 Å². The Morgan fingerprint density at radius 3 is 1.81 bits per heavy atom. The average molecular weight is 428 g/mol. The van der Waals surface area contributed by atoms with Crippen molar-refractivity contribution in [3.8, 4) is 11.5 Å². The molecule has 4 rings (SSSR count). The summed E-state index contributed by atoms with van der Waals surface area (Å²) >= 11 is 0. The van der Waals surface area contributed by atoms with Crippen molar-refractivity contribution >= 4 is 11.6 Å². The largest absolute Gasteiger partial charge is 0.493 e. The molecule has 2 aliphatic carbocycles. The highest BCUT2D eigenvalue weighted by molar-refractivity contribution is 6.07. The first kappa shape index (κ1) is 23.1. The summed E-state index contributed by atoms with van der Waals surface area (Å²) < 4.78 is 11.2. The molecule has 1 aliphatic heterocycles. The Morgan fingerprint density at radius 1 is 0.839 bits per heavy atom. The maximum absolute atomic E-state index is 13.4. The van der Waals surface area contributed by atoms with Crippen LogP contribution in [0.15, 0.2) is 40.7 Å². The summed E-state index contributed by atoms with van der Waals surface area (Å²) in [6.45, 7) is 8.49. The lowest BCUT2D eigenvalue weighted by Crippen LogP contribution is -2.42. The highest BCUT2D eigenvalue weighted by Crippen LogP contribution is 2.53. The number of rotatable bonds is 3. The van der Waals surface area contributed by atoms with E-state index in [9.17, 15) is 9.59 Å². The predicted molar refractivity (Wildman–Crippen MR) is 119 cm³/mol. The van der Waals surface area contributed by atoms with Crippen LogP contribution in [-0.2, 0) is 9.59 Å². The first-order valence-corrected chi connectivity index (χ1v) is 10.6. The Hall–Kier alpha value is -2.60. The molecule has 1 heterocycles. The molecule has 1 aromatic carbocycles. The molecular formula is C25H33NO5. The van der Waals surface area contributed by atoms with Gasteiger partial charge in [0.1, 0.15) is 0 Å². The van der Waals surface area contributed by atoms with E-state index in [-0.39, 0.29) is 27.9 Å². The van der Waals surface area contributed by atoms with Crippen LogP contribution in [0.2, 0.25) is 0 Å². The first-order chi connectivity index (χ1) is 14.1. The van der Waals surface area contributed by atoms with Crippen LogP contribution in [0.1, 0.15) is 64.9 Å². The molecule has 0 saturated heterocycles. The van der Waals surface area contributed by atoms with E-state index in [0.717, 1.165) is 29.8 Å². The molecular weight excluding hydrogens is 394 g/mol. The zero-order chi connectivity index (χ0) is 21.8. The number of benzene rings is 1. The summed E-state index contributed by atoms with van der Waals surface area (Å²) in [4.78, 5) is 26.8. The molecule has 0 radical (unpaired) electrons.